The third kappa shape index (κ3) is 1.19. The van der Waals surface area contributed by atoms with Crippen molar-refractivity contribution < 1.29 is 2.78 Å². The van der Waals surface area contributed by atoms with E-state index in [0.717, 1.165) is 5.56 Å². The van der Waals surface area contributed by atoms with E-state index < -0.39 is 5.56 Å². The van der Waals surface area contributed by atoms with Crippen molar-refractivity contribution in [2.75, 3.05) is 0 Å². The van der Waals surface area contributed by atoms with Crippen LogP contribution < -0.4 is 5.56 Å². The van der Waals surface area contributed by atoms with Crippen LogP contribution in [-0.4, -0.2) is 4.98 Å². The summed E-state index contributed by atoms with van der Waals surface area (Å²) in [5.41, 5.74) is 0.885. The van der Waals surface area contributed by atoms with E-state index in [2.05, 4.69) is 0 Å². The topological polar surface area (TPSA) is 32.9 Å². The second kappa shape index (κ2) is 2.05. The van der Waals surface area contributed by atoms with Gasteiger partial charge in [-0.25, -0.2) is 0 Å². The smallest absolute Gasteiger partial charge is 0.248 e. The zero-order valence-electron chi connectivity index (χ0n) is 7.43. The van der Waals surface area contributed by atoms with Gasteiger partial charge in [0.1, 0.15) is 0 Å². The second-order valence-corrected chi connectivity index (χ2v) is 2.00. The molecule has 2 nitrogen and oxygen atoms in total. The van der Waals surface area contributed by atoms with Gasteiger partial charge in [0.15, 0.2) is 1.41 Å². The molecule has 0 bridgehead atoms. The number of hydrogen-bond acceptors (Lipinski definition) is 1. The Bertz CT molecular complexity index is 343. The molecule has 0 aliphatic carbocycles. The van der Waals surface area contributed by atoms with E-state index in [1.165, 1.54) is 6.20 Å². The number of aromatic nitrogens is 1. The van der Waals surface area contributed by atoms with Crippen molar-refractivity contribution in [3.8, 4) is 0 Å². The molecule has 0 atom stereocenters. The lowest BCUT2D eigenvalue weighted by Gasteiger charge is -1.93. The molecule has 1 heterocycles. The molecule has 1 N–H and O–H groups in total. The molecule has 0 saturated heterocycles. The van der Waals surface area contributed by atoms with E-state index in [-0.39, 0.29) is 6.04 Å². The molecule has 0 radical (unpaired) electrons. The summed E-state index contributed by atoms with van der Waals surface area (Å²) in [5.74, 6) is 0. The molecular weight excluding hydrogens is 114 g/mol. The first-order valence-electron chi connectivity index (χ1n) is 3.67. The summed E-state index contributed by atoms with van der Waals surface area (Å²) in [7, 11) is 0. The normalized spacial score (nSPS) is 12.7. The molecule has 0 aliphatic rings. The molecular formula is C7H9NO. The Morgan fingerprint density at radius 3 is 3.00 bits per heavy atom. The van der Waals surface area contributed by atoms with Gasteiger partial charge in [-0.15, -0.1) is 0 Å². The minimum absolute atomic E-state index is 0.0833. The number of aryl methyl sites for hydroxylation is 1. The fraction of sp³-hybridized carbons (Fsp3) is 0.286. The zero-order chi connectivity index (χ0) is 8.59. The van der Waals surface area contributed by atoms with Crippen LogP contribution in [0.3, 0.4) is 0 Å². The molecule has 1 aromatic heterocycles. The van der Waals surface area contributed by atoms with E-state index >= 15 is 0 Å². The maximum atomic E-state index is 10.9. The third-order valence-corrected chi connectivity index (χ3v) is 1.26. The lowest BCUT2D eigenvalue weighted by molar-refractivity contribution is 1.16. The van der Waals surface area contributed by atoms with Crippen molar-refractivity contribution in [3.05, 3.63) is 33.7 Å². The zero-order valence-corrected chi connectivity index (χ0v) is 5.43. The highest BCUT2D eigenvalue weighted by Gasteiger charge is 1.89. The number of aromatic amines is 1. The van der Waals surface area contributed by atoms with E-state index in [0.29, 0.717) is 10.5 Å². The molecule has 0 fully saturated rings. The standard InChI is InChI=1S/C7H9NO/c1-5-3-7(9)8-4-6(5)2/h3-4H,1-2H3,(H,8,9)/i3D/hD. The fourth-order valence-electron chi connectivity index (χ4n) is 0.544. The van der Waals surface area contributed by atoms with Crippen molar-refractivity contribution in [2.24, 2.45) is 0 Å². The predicted octanol–water partition coefficient (Wildman–Crippen LogP) is 0.992. The minimum Gasteiger partial charge on any atom is -0.329 e. The molecule has 1 aromatic rings. The van der Waals surface area contributed by atoms with Crippen molar-refractivity contribution >= 4 is 0 Å². The summed E-state index contributed by atoms with van der Waals surface area (Å²) < 4.78 is 14.4. The SMILES string of the molecule is [2H]c1c(C)c(C)cn([2H])c1=O. The van der Waals surface area contributed by atoms with Gasteiger partial charge < -0.3 is 4.98 Å². The average Bonchev–Trinajstić information content (AvgIpc) is 1.97. The van der Waals surface area contributed by atoms with Gasteiger partial charge in [0, 0.05) is 12.2 Å². The number of rotatable bonds is 0. The van der Waals surface area contributed by atoms with Gasteiger partial charge in [-0.2, -0.15) is 0 Å². The quantitative estimate of drug-likeness (QED) is 0.551. The molecule has 0 unspecified atom stereocenters. The van der Waals surface area contributed by atoms with E-state index in [4.69, 9.17) is 2.78 Å². The van der Waals surface area contributed by atoms with Gasteiger partial charge in [-0.3, -0.25) is 4.79 Å². The van der Waals surface area contributed by atoms with E-state index in [1.807, 2.05) is 0 Å². The van der Waals surface area contributed by atoms with Crippen LogP contribution in [-0.2, 0) is 0 Å². The number of pyridine rings is 1. The summed E-state index contributed by atoms with van der Waals surface area (Å²) in [6.07, 6.45) is 1.41. The van der Waals surface area contributed by atoms with Crippen molar-refractivity contribution in [1.29, 1.82) is 0 Å². The highest BCUT2D eigenvalue weighted by molar-refractivity contribution is 5.18. The largest absolute Gasteiger partial charge is 0.329 e. The second-order valence-electron chi connectivity index (χ2n) is 2.00. The molecule has 1 rings (SSSR count). The van der Waals surface area contributed by atoms with Crippen molar-refractivity contribution in [3.63, 3.8) is 0 Å². The van der Waals surface area contributed by atoms with Crippen LogP contribution in [0.5, 0.6) is 0 Å². The first kappa shape index (κ1) is 3.88. The van der Waals surface area contributed by atoms with Gasteiger partial charge >= 0.3 is 0 Å². The number of H-pyrrole nitrogens is 1. The Morgan fingerprint density at radius 2 is 2.33 bits per heavy atom. The maximum absolute atomic E-state index is 10.9. The summed E-state index contributed by atoms with van der Waals surface area (Å²) >= 11 is 0. The summed E-state index contributed by atoms with van der Waals surface area (Å²) in [6, 6.07) is -0.0833. The van der Waals surface area contributed by atoms with Gasteiger partial charge in [0.2, 0.25) is 5.56 Å². The lowest BCUT2D eigenvalue weighted by atomic mass is 10.2. The highest BCUT2D eigenvalue weighted by atomic mass is 16.1. The van der Waals surface area contributed by atoms with Gasteiger partial charge in [-0.05, 0) is 25.0 Å². The predicted molar refractivity (Wildman–Crippen MR) is 36.5 cm³/mol. The molecule has 0 spiro atoms. The van der Waals surface area contributed by atoms with Crippen LogP contribution in [0.4, 0.5) is 0 Å². The van der Waals surface area contributed by atoms with Crippen molar-refractivity contribution in [2.45, 2.75) is 13.8 Å². The van der Waals surface area contributed by atoms with Crippen LogP contribution in [0.2, 0.25) is 1.41 Å². The fourth-order valence-corrected chi connectivity index (χ4v) is 0.544. The Kier molecular flexibility index (Phi) is 0.884. The molecule has 2 heteroatoms. The van der Waals surface area contributed by atoms with Gasteiger partial charge in [0.05, 0.1) is 1.37 Å². The number of hydrogen-bond donors (Lipinski definition) is 1. The molecule has 48 valence electrons. The van der Waals surface area contributed by atoms with E-state index in [1.54, 1.807) is 13.8 Å². The van der Waals surface area contributed by atoms with Gasteiger partial charge in [-0.1, -0.05) is 0 Å². The first-order chi connectivity index (χ1) is 5.04. The maximum Gasteiger partial charge on any atom is 0.248 e. The van der Waals surface area contributed by atoms with E-state index in [9.17, 15) is 4.79 Å². The Morgan fingerprint density at radius 1 is 1.67 bits per heavy atom. The summed E-state index contributed by atoms with van der Waals surface area (Å²) in [4.78, 5) is 11.6. The molecule has 0 aliphatic heterocycles. The lowest BCUT2D eigenvalue weighted by Crippen LogP contribution is -2.03. The molecule has 9 heavy (non-hydrogen) atoms. The highest BCUT2D eigenvalue weighted by Crippen LogP contribution is 1.97. The Balaban J connectivity index is 3.59. The van der Waals surface area contributed by atoms with Crippen LogP contribution in [0.1, 0.15) is 12.5 Å². The molecule has 0 amide bonds. The average molecular weight is 125 g/mol. The Labute approximate surface area is 56.4 Å². The Hall–Kier alpha value is -1.05. The van der Waals surface area contributed by atoms with Gasteiger partial charge in [0.25, 0.3) is 0 Å². The summed E-state index contributed by atoms with van der Waals surface area (Å²) in [6.45, 7) is 3.48. The monoisotopic (exact) mass is 125 g/mol. The van der Waals surface area contributed by atoms with Crippen LogP contribution in [0.25, 0.3) is 0 Å². The molecule has 0 aromatic carbocycles. The first-order valence-corrected chi connectivity index (χ1v) is 2.72. The third-order valence-electron chi connectivity index (χ3n) is 1.26. The minimum atomic E-state index is -0.562. The van der Waals surface area contributed by atoms with Crippen molar-refractivity contribution in [1.82, 2.24) is 4.98 Å². The van der Waals surface area contributed by atoms with Crippen LogP contribution >= 0.6 is 0 Å². The number of nitrogens with one attached hydrogen (secondary N) is 1. The van der Waals surface area contributed by atoms with Crippen LogP contribution in [0.15, 0.2) is 17.0 Å². The summed E-state index contributed by atoms with van der Waals surface area (Å²) in [5, 5.41) is 0. The molecule has 0 saturated carbocycles. The van der Waals surface area contributed by atoms with Crippen LogP contribution in [0, 0.1) is 13.8 Å².